The number of hydrogen-bond acceptors (Lipinski definition) is 3. The van der Waals surface area contributed by atoms with Crippen LogP contribution in [0.2, 0.25) is 0 Å². The smallest absolute Gasteiger partial charge is 0.222 e. The molecule has 0 aromatic heterocycles. The molecule has 1 saturated heterocycles. The van der Waals surface area contributed by atoms with Crippen LogP contribution in [0.15, 0.2) is 10.2 Å². The minimum Gasteiger partial charge on any atom is -0.343 e. The summed E-state index contributed by atoms with van der Waals surface area (Å²) in [5.74, 6) is 2.91. The van der Waals surface area contributed by atoms with Gasteiger partial charge in [0.05, 0.1) is 0 Å². The van der Waals surface area contributed by atoms with Crippen LogP contribution in [0.5, 0.6) is 0 Å². The van der Waals surface area contributed by atoms with Gasteiger partial charge in [-0.25, -0.2) is 0 Å². The van der Waals surface area contributed by atoms with Gasteiger partial charge in [-0.05, 0) is 31.1 Å². The Morgan fingerprint density at radius 1 is 1.10 bits per heavy atom. The molecule has 2 aliphatic heterocycles. The van der Waals surface area contributed by atoms with E-state index in [1.807, 2.05) is 0 Å². The molecule has 4 nitrogen and oxygen atoms in total. The molecule has 2 fully saturated rings. The zero-order valence-corrected chi connectivity index (χ0v) is 12.8. The Kier molecular flexibility index (Phi) is 4.01. The molecule has 1 aliphatic carbocycles. The lowest BCUT2D eigenvalue weighted by molar-refractivity contribution is -0.133. The van der Waals surface area contributed by atoms with Gasteiger partial charge in [0.1, 0.15) is 0 Å². The topological polar surface area (TPSA) is 45.0 Å². The first-order valence-corrected chi connectivity index (χ1v) is 8.32. The van der Waals surface area contributed by atoms with Crippen molar-refractivity contribution in [1.29, 1.82) is 0 Å². The summed E-state index contributed by atoms with van der Waals surface area (Å²) in [5.41, 5.74) is 0.260. The second-order valence-electron chi connectivity index (χ2n) is 6.97. The van der Waals surface area contributed by atoms with E-state index in [0.29, 0.717) is 18.3 Å². The summed E-state index contributed by atoms with van der Waals surface area (Å²) < 4.78 is 0. The molecule has 3 rings (SSSR count). The minimum atomic E-state index is -0.315. The maximum Gasteiger partial charge on any atom is 0.222 e. The normalized spacial score (nSPS) is 25.0. The lowest BCUT2D eigenvalue weighted by Gasteiger charge is -2.39. The van der Waals surface area contributed by atoms with Gasteiger partial charge >= 0.3 is 0 Å². The van der Waals surface area contributed by atoms with Crippen LogP contribution in [-0.4, -0.2) is 29.6 Å². The van der Waals surface area contributed by atoms with E-state index >= 15 is 0 Å². The summed E-state index contributed by atoms with van der Waals surface area (Å²) in [6.45, 7) is 1.90. The maximum absolute atomic E-state index is 12.4. The second-order valence-corrected chi connectivity index (χ2v) is 6.97. The molecule has 1 saturated carbocycles. The van der Waals surface area contributed by atoms with E-state index in [9.17, 15) is 4.79 Å². The van der Waals surface area contributed by atoms with Crippen LogP contribution in [0, 0.1) is 17.8 Å². The van der Waals surface area contributed by atoms with Gasteiger partial charge in [-0.3, -0.25) is 4.79 Å². The predicted molar refractivity (Wildman–Crippen MR) is 81.6 cm³/mol. The molecule has 1 amide bonds. The van der Waals surface area contributed by atoms with E-state index in [4.69, 9.17) is 6.42 Å². The Labute approximate surface area is 127 Å². The highest BCUT2D eigenvalue weighted by Crippen LogP contribution is 2.46. The van der Waals surface area contributed by atoms with Crippen LogP contribution < -0.4 is 0 Å². The molecule has 114 valence electrons. The highest BCUT2D eigenvalue weighted by atomic mass is 16.2. The Bertz CT molecular complexity index is 455. The predicted octanol–water partition coefficient (Wildman–Crippen LogP) is 3.52. The molecule has 0 N–H and O–H groups in total. The molecule has 0 aromatic rings. The molecular formula is C17H25N3O. The van der Waals surface area contributed by atoms with E-state index in [-0.39, 0.29) is 11.6 Å². The second kappa shape index (κ2) is 5.79. The molecule has 3 aliphatic rings. The monoisotopic (exact) mass is 287 g/mol. The summed E-state index contributed by atoms with van der Waals surface area (Å²) in [6, 6.07) is 0. The van der Waals surface area contributed by atoms with Crippen molar-refractivity contribution < 1.29 is 4.79 Å². The van der Waals surface area contributed by atoms with Crippen molar-refractivity contribution >= 4 is 5.91 Å². The molecule has 21 heavy (non-hydrogen) atoms. The summed E-state index contributed by atoms with van der Waals surface area (Å²) >= 11 is 0. The standard InChI is InChI=1S/C17H25N3O/c1-2-3-9-17(18-19-17)10-6-15(21)20-13-11-16(12-14-20)7-4-5-8-16/h1H,3-14H2. The maximum atomic E-state index is 12.4. The minimum absolute atomic E-state index is 0.278. The zero-order valence-electron chi connectivity index (χ0n) is 12.8. The number of amides is 1. The van der Waals surface area contributed by atoms with Gasteiger partial charge in [0.25, 0.3) is 0 Å². The average molecular weight is 287 g/mol. The number of likely N-dealkylation sites (tertiary alicyclic amines) is 1. The third-order valence-corrected chi connectivity index (χ3v) is 5.63. The summed E-state index contributed by atoms with van der Waals surface area (Å²) in [5, 5.41) is 8.21. The van der Waals surface area contributed by atoms with Crippen LogP contribution in [-0.2, 0) is 4.79 Å². The molecule has 0 atom stereocenters. The highest BCUT2D eigenvalue weighted by molar-refractivity contribution is 5.76. The Morgan fingerprint density at radius 2 is 1.76 bits per heavy atom. The van der Waals surface area contributed by atoms with Gasteiger partial charge in [0, 0.05) is 38.8 Å². The average Bonchev–Trinajstić information content (AvgIpc) is 3.15. The summed E-state index contributed by atoms with van der Waals surface area (Å²) in [7, 11) is 0. The lowest BCUT2D eigenvalue weighted by atomic mass is 9.77. The first-order valence-electron chi connectivity index (χ1n) is 8.32. The first-order chi connectivity index (χ1) is 10.2. The molecule has 0 radical (unpaired) electrons. The van der Waals surface area contributed by atoms with E-state index in [1.165, 1.54) is 38.5 Å². The van der Waals surface area contributed by atoms with E-state index in [0.717, 1.165) is 25.9 Å². The van der Waals surface area contributed by atoms with Crippen molar-refractivity contribution in [2.45, 2.75) is 69.9 Å². The van der Waals surface area contributed by atoms with Gasteiger partial charge in [0.2, 0.25) is 5.91 Å². The number of terminal acetylenes is 1. The molecule has 0 bridgehead atoms. The largest absolute Gasteiger partial charge is 0.343 e. The summed E-state index contributed by atoms with van der Waals surface area (Å²) in [4.78, 5) is 14.4. The van der Waals surface area contributed by atoms with Gasteiger partial charge < -0.3 is 4.90 Å². The fourth-order valence-corrected chi connectivity index (χ4v) is 3.99. The Balaban J connectivity index is 1.41. The van der Waals surface area contributed by atoms with Crippen molar-refractivity contribution in [2.75, 3.05) is 13.1 Å². The number of carbonyl (C=O) groups excluding carboxylic acids is 1. The molecule has 2 heterocycles. The molecule has 4 heteroatoms. The third kappa shape index (κ3) is 3.28. The molecular weight excluding hydrogens is 262 g/mol. The van der Waals surface area contributed by atoms with Gasteiger partial charge in [-0.15, -0.1) is 12.3 Å². The highest BCUT2D eigenvalue weighted by Gasteiger charge is 2.41. The summed E-state index contributed by atoms with van der Waals surface area (Å²) in [6.07, 6.45) is 16.0. The van der Waals surface area contributed by atoms with Crippen LogP contribution in [0.25, 0.3) is 0 Å². The number of piperidine rings is 1. The van der Waals surface area contributed by atoms with Crippen molar-refractivity contribution in [1.82, 2.24) is 4.90 Å². The van der Waals surface area contributed by atoms with E-state index in [1.54, 1.807) is 0 Å². The van der Waals surface area contributed by atoms with Gasteiger partial charge in [-0.2, -0.15) is 10.2 Å². The zero-order chi connectivity index (χ0) is 14.8. The Hall–Kier alpha value is -1.37. The van der Waals surface area contributed by atoms with Crippen LogP contribution >= 0.6 is 0 Å². The molecule has 0 aromatic carbocycles. The lowest BCUT2D eigenvalue weighted by Crippen LogP contribution is -2.42. The van der Waals surface area contributed by atoms with Crippen molar-refractivity contribution in [3.63, 3.8) is 0 Å². The third-order valence-electron chi connectivity index (χ3n) is 5.63. The molecule has 0 unspecified atom stereocenters. The first kappa shape index (κ1) is 14.6. The van der Waals surface area contributed by atoms with Crippen LogP contribution in [0.1, 0.15) is 64.2 Å². The number of carbonyl (C=O) groups is 1. The quantitative estimate of drug-likeness (QED) is 0.713. The van der Waals surface area contributed by atoms with Crippen LogP contribution in [0.4, 0.5) is 0 Å². The number of hydrogen-bond donors (Lipinski definition) is 0. The fourth-order valence-electron chi connectivity index (χ4n) is 3.99. The Morgan fingerprint density at radius 3 is 2.33 bits per heavy atom. The van der Waals surface area contributed by atoms with Crippen molar-refractivity contribution in [3.05, 3.63) is 0 Å². The van der Waals surface area contributed by atoms with Gasteiger partial charge in [-0.1, -0.05) is 12.8 Å². The van der Waals surface area contributed by atoms with Gasteiger partial charge in [0.15, 0.2) is 5.66 Å². The van der Waals surface area contributed by atoms with Crippen LogP contribution in [0.3, 0.4) is 0 Å². The van der Waals surface area contributed by atoms with E-state index < -0.39 is 0 Å². The number of nitrogens with zero attached hydrogens (tertiary/aromatic N) is 3. The molecule has 1 spiro atoms. The SMILES string of the molecule is C#CCCC1(CCC(=O)N2CCC3(CCCC3)CC2)N=N1. The van der Waals surface area contributed by atoms with Crippen molar-refractivity contribution in [3.8, 4) is 12.3 Å². The van der Waals surface area contributed by atoms with E-state index in [2.05, 4.69) is 21.0 Å². The fraction of sp³-hybridized carbons (Fsp3) is 0.824. The van der Waals surface area contributed by atoms with Crippen molar-refractivity contribution in [2.24, 2.45) is 15.6 Å². The number of rotatable bonds is 5.